The van der Waals surface area contributed by atoms with Crippen LogP contribution in [0.5, 0.6) is 0 Å². The van der Waals surface area contributed by atoms with Gasteiger partial charge in [0.15, 0.2) is 0 Å². The van der Waals surface area contributed by atoms with Crippen LogP contribution >= 0.6 is 0 Å². The first kappa shape index (κ1) is 34.4. The minimum atomic E-state index is -1.24. The molecule has 0 fully saturated rings. The number of nitrogens with one attached hydrogen (secondary N) is 2. The first-order valence-electron chi connectivity index (χ1n) is 13.7. The summed E-state index contributed by atoms with van der Waals surface area (Å²) in [4.78, 5) is 60.5. The van der Waals surface area contributed by atoms with E-state index >= 15 is 0 Å². The number of hydrogen-bond donors (Lipinski definition) is 4. The molecule has 6 N–H and O–H groups in total. The van der Waals surface area contributed by atoms with Gasteiger partial charge in [0.25, 0.3) is 0 Å². The standard InChI is InChI=1S/C27H50N4O6/c1-5-6-7-8-9-10-11-12-13-14-15-16-24(34)30-21(19-23(29)33)25(35)31-20(17-18-22(28)32)26(36)37-27(2,3)4/h20-21H,5-19H2,1-4H3,(H2,28,32)(H2,29,33)(H,30,34)(H,31,35)/t20-,21-/m0/s1. The van der Waals surface area contributed by atoms with Crippen molar-refractivity contribution in [2.75, 3.05) is 0 Å². The van der Waals surface area contributed by atoms with E-state index in [0.717, 1.165) is 19.3 Å². The topological polar surface area (TPSA) is 171 Å². The van der Waals surface area contributed by atoms with Crippen LogP contribution in [0.15, 0.2) is 0 Å². The molecule has 0 radical (unpaired) electrons. The lowest BCUT2D eigenvalue weighted by atomic mass is 10.0. The molecule has 0 unspecified atom stereocenters. The zero-order chi connectivity index (χ0) is 28.3. The smallest absolute Gasteiger partial charge is 0.329 e. The third kappa shape index (κ3) is 20.1. The van der Waals surface area contributed by atoms with Crippen molar-refractivity contribution in [2.24, 2.45) is 11.5 Å². The zero-order valence-electron chi connectivity index (χ0n) is 23.4. The van der Waals surface area contributed by atoms with Crippen LogP contribution in [-0.4, -0.2) is 47.3 Å². The van der Waals surface area contributed by atoms with Gasteiger partial charge in [0.2, 0.25) is 23.6 Å². The predicted octanol–water partition coefficient (Wildman–Crippen LogP) is 3.14. The molecule has 0 aromatic rings. The second kappa shape index (κ2) is 19.5. The van der Waals surface area contributed by atoms with E-state index in [2.05, 4.69) is 17.6 Å². The van der Waals surface area contributed by atoms with E-state index in [-0.39, 0.29) is 25.2 Å². The molecule has 0 aromatic heterocycles. The van der Waals surface area contributed by atoms with E-state index in [1.54, 1.807) is 20.8 Å². The third-order valence-corrected chi connectivity index (χ3v) is 5.75. The van der Waals surface area contributed by atoms with Gasteiger partial charge in [-0.1, -0.05) is 71.1 Å². The SMILES string of the molecule is CCCCCCCCCCCCCC(=O)N[C@@H](CC(N)=O)C(=O)N[C@@H](CCC(N)=O)C(=O)OC(C)(C)C. The molecule has 10 nitrogen and oxygen atoms in total. The highest BCUT2D eigenvalue weighted by atomic mass is 16.6. The number of hydrogen-bond acceptors (Lipinski definition) is 6. The van der Waals surface area contributed by atoms with Crippen LogP contribution in [0, 0.1) is 0 Å². The summed E-state index contributed by atoms with van der Waals surface area (Å²) in [5.74, 6) is -3.29. The lowest BCUT2D eigenvalue weighted by molar-refractivity contribution is -0.159. The second-order valence-corrected chi connectivity index (χ2v) is 10.7. The number of rotatable bonds is 21. The van der Waals surface area contributed by atoms with Crippen molar-refractivity contribution in [1.29, 1.82) is 0 Å². The van der Waals surface area contributed by atoms with Crippen molar-refractivity contribution in [3.05, 3.63) is 0 Å². The number of primary amides is 2. The highest BCUT2D eigenvalue weighted by Crippen LogP contribution is 2.13. The quantitative estimate of drug-likeness (QED) is 0.132. The minimum Gasteiger partial charge on any atom is -0.458 e. The second-order valence-electron chi connectivity index (χ2n) is 10.7. The fourth-order valence-electron chi connectivity index (χ4n) is 3.81. The van der Waals surface area contributed by atoms with Crippen LogP contribution in [-0.2, 0) is 28.7 Å². The molecule has 0 aliphatic carbocycles. The molecule has 0 bridgehead atoms. The van der Waals surface area contributed by atoms with Gasteiger partial charge in [-0.15, -0.1) is 0 Å². The van der Waals surface area contributed by atoms with Gasteiger partial charge in [0, 0.05) is 12.8 Å². The minimum absolute atomic E-state index is 0.0774. The molecular formula is C27H50N4O6. The number of carbonyl (C=O) groups excluding carboxylic acids is 5. The molecule has 4 amide bonds. The first-order valence-corrected chi connectivity index (χ1v) is 13.7. The zero-order valence-corrected chi connectivity index (χ0v) is 23.4. The van der Waals surface area contributed by atoms with E-state index < -0.39 is 47.8 Å². The Bertz CT molecular complexity index is 720. The third-order valence-electron chi connectivity index (χ3n) is 5.75. The number of ether oxygens (including phenoxy) is 1. The fourth-order valence-corrected chi connectivity index (χ4v) is 3.81. The number of unbranched alkanes of at least 4 members (excludes halogenated alkanes) is 10. The molecule has 0 aliphatic heterocycles. The molecular weight excluding hydrogens is 476 g/mol. The summed E-state index contributed by atoms with van der Waals surface area (Å²) in [6, 6.07) is -2.41. The molecule has 0 aliphatic rings. The Hall–Kier alpha value is -2.65. The number of carbonyl (C=O) groups is 5. The Morgan fingerprint density at radius 3 is 1.68 bits per heavy atom. The van der Waals surface area contributed by atoms with Crippen molar-refractivity contribution in [2.45, 2.75) is 142 Å². The van der Waals surface area contributed by atoms with Gasteiger partial charge >= 0.3 is 5.97 Å². The van der Waals surface area contributed by atoms with Gasteiger partial charge in [-0.05, 0) is 33.6 Å². The molecule has 0 heterocycles. The Balaban J connectivity index is 4.66. The summed E-state index contributed by atoms with van der Waals surface area (Å²) in [6.07, 6.45) is 12.2. The van der Waals surface area contributed by atoms with Crippen LogP contribution in [0.3, 0.4) is 0 Å². The Morgan fingerprint density at radius 2 is 1.22 bits per heavy atom. The first-order chi connectivity index (χ1) is 17.4. The molecule has 0 spiro atoms. The maximum absolute atomic E-state index is 12.8. The fraction of sp³-hybridized carbons (Fsp3) is 0.815. The monoisotopic (exact) mass is 526 g/mol. The van der Waals surface area contributed by atoms with Crippen molar-refractivity contribution >= 4 is 29.6 Å². The van der Waals surface area contributed by atoms with Crippen LogP contribution < -0.4 is 22.1 Å². The highest BCUT2D eigenvalue weighted by molar-refractivity contribution is 5.94. The van der Waals surface area contributed by atoms with E-state index in [1.807, 2.05) is 0 Å². The molecule has 0 saturated heterocycles. The van der Waals surface area contributed by atoms with Gasteiger partial charge in [0.1, 0.15) is 17.7 Å². The number of amides is 4. The summed E-state index contributed by atoms with van der Waals surface area (Å²) in [5.41, 5.74) is 9.64. The molecule has 214 valence electrons. The Labute approximate surface area is 222 Å². The lowest BCUT2D eigenvalue weighted by Crippen LogP contribution is -2.53. The van der Waals surface area contributed by atoms with Gasteiger partial charge in [-0.25, -0.2) is 4.79 Å². The maximum atomic E-state index is 12.8. The van der Waals surface area contributed by atoms with E-state index in [4.69, 9.17) is 16.2 Å². The lowest BCUT2D eigenvalue weighted by Gasteiger charge is -2.26. The Morgan fingerprint density at radius 1 is 0.703 bits per heavy atom. The molecule has 0 saturated carbocycles. The van der Waals surface area contributed by atoms with Crippen molar-refractivity contribution < 1.29 is 28.7 Å². The summed E-state index contributed by atoms with van der Waals surface area (Å²) >= 11 is 0. The summed E-state index contributed by atoms with van der Waals surface area (Å²) in [7, 11) is 0. The number of nitrogens with two attached hydrogens (primary N) is 2. The van der Waals surface area contributed by atoms with Crippen LogP contribution in [0.4, 0.5) is 0 Å². The van der Waals surface area contributed by atoms with E-state index in [1.165, 1.54) is 44.9 Å². The van der Waals surface area contributed by atoms with Crippen LogP contribution in [0.1, 0.15) is 124 Å². The molecule has 0 rings (SSSR count). The summed E-state index contributed by atoms with van der Waals surface area (Å²) in [6.45, 7) is 7.22. The van der Waals surface area contributed by atoms with E-state index in [0.29, 0.717) is 6.42 Å². The van der Waals surface area contributed by atoms with Gasteiger partial charge in [-0.3, -0.25) is 19.2 Å². The average molecular weight is 527 g/mol. The average Bonchev–Trinajstić information content (AvgIpc) is 2.78. The maximum Gasteiger partial charge on any atom is 0.329 e. The van der Waals surface area contributed by atoms with E-state index in [9.17, 15) is 24.0 Å². The Kier molecular flexibility index (Phi) is 18.1. The molecule has 10 heteroatoms. The molecule has 2 atom stereocenters. The van der Waals surface area contributed by atoms with Gasteiger partial charge in [-0.2, -0.15) is 0 Å². The highest BCUT2D eigenvalue weighted by Gasteiger charge is 2.30. The largest absolute Gasteiger partial charge is 0.458 e. The van der Waals surface area contributed by atoms with Crippen molar-refractivity contribution in [3.8, 4) is 0 Å². The summed E-state index contributed by atoms with van der Waals surface area (Å²) < 4.78 is 5.31. The van der Waals surface area contributed by atoms with Gasteiger partial charge < -0.3 is 26.8 Å². The van der Waals surface area contributed by atoms with Crippen molar-refractivity contribution in [1.82, 2.24) is 10.6 Å². The predicted molar refractivity (Wildman–Crippen MR) is 143 cm³/mol. The molecule has 0 aromatic carbocycles. The van der Waals surface area contributed by atoms with Crippen molar-refractivity contribution in [3.63, 3.8) is 0 Å². The van der Waals surface area contributed by atoms with Crippen LogP contribution in [0.2, 0.25) is 0 Å². The number of esters is 1. The van der Waals surface area contributed by atoms with Crippen LogP contribution in [0.25, 0.3) is 0 Å². The molecule has 37 heavy (non-hydrogen) atoms. The summed E-state index contributed by atoms with van der Waals surface area (Å²) in [5, 5.41) is 5.02. The van der Waals surface area contributed by atoms with Gasteiger partial charge in [0.05, 0.1) is 6.42 Å². The normalized spacial score (nSPS) is 12.9.